The third-order valence-corrected chi connectivity index (χ3v) is 2.81. The van der Waals surface area contributed by atoms with Crippen LogP contribution in [0.2, 0.25) is 0 Å². The number of aromatic nitrogens is 4. The van der Waals surface area contributed by atoms with E-state index in [-0.39, 0.29) is 6.42 Å². The summed E-state index contributed by atoms with van der Waals surface area (Å²) in [7, 11) is 0. The SMILES string of the molecule is O=C(O)CCSc1nc(=O)[nH]c2nc[nH]c12. The van der Waals surface area contributed by atoms with Crippen LogP contribution in [0.15, 0.2) is 16.1 Å². The molecule has 0 bridgehead atoms. The van der Waals surface area contributed by atoms with Gasteiger partial charge in [-0.3, -0.25) is 9.78 Å². The van der Waals surface area contributed by atoms with Crippen molar-refractivity contribution in [1.82, 2.24) is 19.9 Å². The molecule has 7 nitrogen and oxygen atoms in total. The summed E-state index contributed by atoms with van der Waals surface area (Å²) >= 11 is 1.21. The minimum absolute atomic E-state index is 0.0226. The molecule has 0 saturated heterocycles. The number of imidazole rings is 1. The standard InChI is InChI=1S/C8H8N4O3S/c13-4(14)1-2-16-7-5-6(10-3-9-5)11-8(15)12-7/h3H,1-2H2,(H,13,14)(H2,9,10,11,12,15). The van der Waals surface area contributed by atoms with Gasteiger partial charge in [-0.1, -0.05) is 0 Å². The molecule has 16 heavy (non-hydrogen) atoms. The average molecular weight is 240 g/mol. The second-order valence-corrected chi connectivity index (χ2v) is 4.05. The van der Waals surface area contributed by atoms with Crippen molar-refractivity contribution in [2.24, 2.45) is 0 Å². The first-order chi connectivity index (χ1) is 7.66. The number of rotatable bonds is 4. The average Bonchev–Trinajstić information content (AvgIpc) is 2.64. The summed E-state index contributed by atoms with van der Waals surface area (Å²) in [5, 5.41) is 8.97. The van der Waals surface area contributed by atoms with E-state index in [2.05, 4.69) is 19.9 Å². The number of H-pyrrole nitrogens is 2. The number of aromatic amines is 2. The van der Waals surface area contributed by atoms with Crippen LogP contribution in [0.1, 0.15) is 6.42 Å². The maximum absolute atomic E-state index is 11.1. The minimum Gasteiger partial charge on any atom is -0.481 e. The lowest BCUT2D eigenvalue weighted by atomic mass is 10.5. The molecule has 8 heteroatoms. The van der Waals surface area contributed by atoms with E-state index in [1.54, 1.807) is 0 Å². The van der Waals surface area contributed by atoms with E-state index in [1.807, 2.05) is 0 Å². The highest BCUT2D eigenvalue weighted by Crippen LogP contribution is 2.21. The third-order valence-electron chi connectivity index (χ3n) is 1.84. The molecule has 2 heterocycles. The van der Waals surface area contributed by atoms with Crippen LogP contribution in [0.4, 0.5) is 0 Å². The second kappa shape index (κ2) is 4.35. The Kier molecular flexibility index (Phi) is 2.91. The zero-order valence-electron chi connectivity index (χ0n) is 8.06. The van der Waals surface area contributed by atoms with Gasteiger partial charge in [-0.15, -0.1) is 11.8 Å². The Hall–Kier alpha value is -1.83. The topological polar surface area (TPSA) is 112 Å². The number of thioether (sulfide) groups is 1. The van der Waals surface area contributed by atoms with Gasteiger partial charge in [-0.2, -0.15) is 4.98 Å². The van der Waals surface area contributed by atoms with E-state index in [4.69, 9.17) is 5.11 Å². The monoisotopic (exact) mass is 240 g/mol. The van der Waals surface area contributed by atoms with Gasteiger partial charge in [-0.25, -0.2) is 9.78 Å². The molecular weight excluding hydrogens is 232 g/mol. The number of hydrogen-bond donors (Lipinski definition) is 3. The predicted octanol–water partition coefficient (Wildman–Crippen LogP) is 0.213. The highest BCUT2D eigenvalue weighted by atomic mass is 32.2. The first-order valence-electron chi connectivity index (χ1n) is 4.45. The van der Waals surface area contributed by atoms with Crippen molar-refractivity contribution in [2.75, 3.05) is 5.75 Å². The van der Waals surface area contributed by atoms with Crippen molar-refractivity contribution in [3.63, 3.8) is 0 Å². The van der Waals surface area contributed by atoms with Gasteiger partial charge in [0.1, 0.15) is 10.5 Å². The van der Waals surface area contributed by atoms with Gasteiger partial charge in [-0.05, 0) is 0 Å². The molecule has 0 aliphatic carbocycles. The van der Waals surface area contributed by atoms with Crippen LogP contribution in [-0.4, -0.2) is 36.8 Å². The van der Waals surface area contributed by atoms with Crippen LogP contribution in [-0.2, 0) is 4.79 Å². The molecule has 0 unspecified atom stereocenters. The molecule has 0 atom stereocenters. The van der Waals surface area contributed by atoms with Crippen LogP contribution in [0.3, 0.4) is 0 Å². The van der Waals surface area contributed by atoms with Crippen molar-refractivity contribution in [2.45, 2.75) is 11.4 Å². The molecular formula is C8H8N4O3S. The van der Waals surface area contributed by atoms with E-state index >= 15 is 0 Å². The molecule has 2 aromatic rings. The number of nitrogens with zero attached hydrogens (tertiary/aromatic N) is 2. The van der Waals surface area contributed by atoms with E-state index in [0.29, 0.717) is 21.9 Å². The number of carboxylic acids is 1. The Balaban J connectivity index is 2.25. The fourth-order valence-corrected chi connectivity index (χ4v) is 2.09. The zero-order valence-corrected chi connectivity index (χ0v) is 8.87. The number of carbonyl (C=O) groups is 1. The van der Waals surface area contributed by atoms with Crippen molar-refractivity contribution in [3.8, 4) is 0 Å². The fourth-order valence-electron chi connectivity index (χ4n) is 1.17. The van der Waals surface area contributed by atoms with Crippen molar-refractivity contribution in [1.29, 1.82) is 0 Å². The molecule has 3 N–H and O–H groups in total. The van der Waals surface area contributed by atoms with Gasteiger partial charge in [0.05, 0.1) is 12.7 Å². The van der Waals surface area contributed by atoms with Crippen LogP contribution in [0.25, 0.3) is 11.2 Å². The van der Waals surface area contributed by atoms with Gasteiger partial charge in [0.25, 0.3) is 0 Å². The molecule has 0 radical (unpaired) electrons. The van der Waals surface area contributed by atoms with Crippen LogP contribution < -0.4 is 5.69 Å². The number of fused-ring (bicyclic) bond motifs is 1. The molecule has 0 fully saturated rings. The number of nitrogens with one attached hydrogen (secondary N) is 2. The highest BCUT2D eigenvalue weighted by molar-refractivity contribution is 7.99. The summed E-state index contributed by atoms with van der Waals surface area (Å²) in [5.41, 5.74) is 0.560. The summed E-state index contributed by atoms with van der Waals surface area (Å²) in [6.07, 6.45) is 1.47. The summed E-state index contributed by atoms with van der Waals surface area (Å²) in [5.74, 6) is -0.516. The molecule has 0 aliphatic rings. The summed E-state index contributed by atoms with van der Waals surface area (Å²) in [6, 6.07) is 0. The molecule has 0 saturated carbocycles. The summed E-state index contributed by atoms with van der Waals surface area (Å²) in [6.45, 7) is 0. The largest absolute Gasteiger partial charge is 0.481 e. The quantitative estimate of drug-likeness (QED) is 0.520. The maximum Gasteiger partial charge on any atom is 0.347 e. The normalized spacial score (nSPS) is 10.8. The van der Waals surface area contributed by atoms with Gasteiger partial charge in [0.15, 0.2) is 5.65 Å². The van der Waals surface area contributed by atoms with E-state index in [1.165, 1.54) is 18.1 Å². The minimum atomic E-state index is -0.877. The van der Waals surface area contributed by atoms with Gasteiger partial charge in [0.2, 0.25) is 0 Å². The fraction of sp³-hybridized carbons (Fsp3) is 0.250. The maximum atomic E-state index is 11.1. The van der Waals surface area contributed by atoms with E-state index in [0.717, 1.165) is 0 Å². The number of aliphatic carboxylic acids is 1. The van der Waals surface area contributed by atoms with E-state index in [9.17, 15) is 9.59 Å². The Morgan fingerprint density at radius 3 is 3.12 bits per heavy atom. The first kappa shape index (κ1) is 10.7. The third kappa shape index (κ3) is 2.22. The Morgan fingerprint density at radius 2 is 2.38 bits per heavy atom. The first-order valence-corrected chi connectivity index (χ1v) is 5.43. The second-order valence-electron chi connectivity index (χ2n) is 2.97. The smallest absolute Gasteiger partial charge is 0.347 e. The molecule has 0 spiro atoms. The van der Waals surface area contributed by atoms with Gasteiger partial charge < -0.3 is 10.1 Å². The van der Waals surface area contributed by atoms with Crippen molar-refractivity contribution in [3.05, 3.63) is 16.8 Å². The van der Waals surface area contributed by atoms with Gasteiger partial charge >= 0.3 is 11.7 Å². The van der Waals surface area contributed by atoms with Gasteiger partial charge in [0, 0.05) is 5.75 Å². The number of carboxylic acid groups (broad SMARTS) is 1. The Bertz CT molecular complexity index is 576. The molecule has 0 amide bonds. The van der Waals surface area contributed by atoms with Crippen LogP contribution in [0.5, 0.6) is 0 Å². The molecule has 0 aliphatic heterocycles. The highest BCUT2D eigenvalue weighted by Gasteiger charge is 2.08. The zero-order chi connectivity index (χ0) is 11.5. The molecule has 2 aromatic heterocycles. The molecule has 84 valence electrons. The Labute approximate surface area is 93.3 Å². The van der Waals surface area contributed by atoms with Crippen LogP contribution >= 0.6 is 11.8 Å². The molecule has 0 aromatic carbocycles. The van der Waals surface area contributed by atoms with Crippen molar-refractivity contribution >= 4 is 28.9 Å². The predicted molar refractivity (Wildman–Crippen MR) is 57.5 cm³/mol. The lowest BCUT2D eigenvalue weighted by Crippen LogP contribution is -2.11. The van der Waals surface area contributed by atoms with Crippen LogP contribution in [0, 0.1) is 0 Å². The lowest BCUT2D eigenvalue weighted by Gasteiger charge is -1.98. The summed E-state index contributed by atoms with van der Waals surface area (Å²) < 4.78 is 0. The Morgan fingerprint density at radius 1 is 1.56 bits per heavy atom. The number of hydrogen-bond acceptors (Lipinski definition) is 5. The lowest BCUT2D eigenvalue weighted by molar-refractivity contribution is -0.136. The van der Waals surface area contributed by atoms with E-state index < -0.39 is 11.7 Å². The summed E-state index contributed by atoms with van der Waals surface area (Å²) in [4.78, 5) is 34.5. The molecule has 2 rings (SSSR count). The van der Waals surface area contributed by atoms with Crippen molar-refractivity contribution < 1.29 is 9.90 Å².